The summed E-state index contributed by atoms with van der Waals surface area (Å²) in [4.78, 5) is 8.33. The molecule has 1 rings (SSSR count). The molecule has 0 aliphatic carbocycles. The maximum atomic E-state index is 5.55. The maximum absolute atomic E-state index is 5.55. The Balaban J connectivity index is 2.62. The Bertz CT molecular complexity index is 258. The van der Waals surface area contributed by atoms with E-state index >= 15 is 0 Å². The monoisotopic (exact) mass is 180 g/mol. The standard InChI is InChI=1S/C9H16N4/c1-3-8(6-10)13-9-11-5-4-7(2)12-9/h4-5,8H,3,6,10H2,1-2H3,(H,11,12,13). The largest absolute Gasteiger partial charge is 0.350 e. The number of aromatic nitrogens is 2. The summed E-state index contributed by atoms with van der Waals surface area (Å²) in [5, 5.41) is 3.17. The van der Waals surface area contributed by atoms with Crippen LogP contribution in [-0.2, 0) is 0 Å². The van der Waals surface area contributed by atoms with Gasteiger partial charge >= 0.3 is 0 Å². The van der Waals surface area contributed by atoms with Crippen molar-refractivity contribution in [2.24, 2.45) is 5.73 Å². The van der Waals surface area contributed by atoms with Gasteiger partial charge in [-0.1, -0.05) is 6.92 Å². The van der Waals surface area contributed by atoms with E-state index in [1.807, 2.05) is 13.0 Å². The van der Waals surface area contributed by atoms with E-state index in [4.69, 9.17) is 5.73 Å². The van der Waals surface area contributed by atoms with Crippen molar-refractivity contribution in [3.63, 3.8) is 0 Å². The third kappa shape index (κ3) is 2.99. The van der Waals surface area contributed by atoms with E-state index in [2.05, 4.69) is 22.2 Å². The van der Waals surface area contributed by atoms with Gasteiger partial charge in [0.05, 0.1) is 0 Å². The zero-order chi connectivity index (χ0) is 9.68. The lowest BCUT2D eigenvalue weighted by molar-refractivity contribution is 0.695. The van der Waals surface area contributed by atoms with Gasteiger partial charge in [-0.25, -0.2) is 9.97 Å². The average Bonchev–Trinajstić information content (AvgIpc) is 2.14. The highest BCUT2D eigenvalue weighted by Gasteiger charge is 2.04. The minimum Gasteiger partial charge on any atom is -0.350 e. The Kier molecular flexibility index (Phi) is 3.64. The fraction of sp³-hybridized carbons (Fsp3) is 0.556. The highest BCUT2D eigenvalue weighted by atomic mass is 15.1. The highest BCUT2D eigenvalue weighted by molar-refractivity contribution is 5.26. The van der Waals surface area contributed by atoms with Crippen molar-refractivity contribution in [3.05, 3.63) is 18.0 Å². The Morgan fingerprint density at radius 1 is 1.62 bits per heavy atom. The Morgan fingerprint density at radius 2 is 2.38 bits per heavy atom. The summed E-state index contributed by atoms with van der Waals surface area (Å²) in [6.45, 7) is 4.63. The predicted octanol–water partition coefficient (Wildman–Crippen LogP) is 0.934. The molecule has 0 aliphatic rings. The fourth-order valence-electron chi connectivity index (χ4n) is 1.03. The van der Waals surface area contributed by atoms with Crippen LogP contribution in [0, 0.1) is 6.92 Å². The van der Waals surface area contributed by atoms with Crippen molar-refractivity contribution in [1.29, 1.82) is 0 Å². The fourth-order valence-corrected chi connectivity index (χ4v) is 1.03. The Hall–Kier alpha value is -1.16. The third-order valence-corrected chi connectivity index (χ3v) is 1.91. The van der Waals surface area contributed by atoms with E-state index in [9.17, 15) is 0 Å². The number of hydrogen-bond acceptors (Lipinski definition) is 4. The quantitative estimate of drug-likeness (QED) is 0.723. The van der Waals surface area contributed by atoms with Crippen LogP contribution < -0.4 is 11.1 Å². The van der Waals surface area contributed by atoms with E-state index < -0.39 is 0 Å². The number of nitrogens with zero attached hydrogens (tertiary/aromatic N) is 2. The zero-order valence-electron chi connectivity index (χ0n) is 8.12. The lowest BCUT2D eigenvalue weighted by Crippen LogP contribution is -2.28. The van der Waals surface area contributed by atoms with Gasteiger partial charge in [0.25, 0.3) is 0 Å². The second-order valence-electron chi connectivity index (χ2n) is 3.01. The first-order valence-corrected chi connectivity index (χ1v) is 4.52. The van der Waals surface area contributed by atoms with Crippen molar-refractivity contribution in [1.82, 2.24) is 9.97 Å². The molecule has 72 valence electrons. The smallest absolute Gasteiger partial charge is 0.223 e. The van der Waals surface area contributed by atoms with Gasteiger partial charge in [0.1, 0.15) is 0 Å². The van der Waals surface area contributed by atoms with Gasteiger partial charge in [0.15, 0.2) is 0 Å². The lowest BCUT2D eigenvalue weighted by Gasteiger charge is -2.13. The number of nitrogens with one attached hydrogen (secondary N) is 1. The summed E-state index contributed by atoms with van der Waals surface area (Å²) < 4.78 is 0. The average molecular weight is 180 g/mol. The second-order valence-corrected chi connectivity index (χ2v) is 3.01. The SMILES string of the molecule is CCC(CN)Nc1nccc(C)n1. The molecule has 3 N–H and O–H groups in total. The van der Waals surface area contributed by atoms with E-state index in [1.54, 1.807) is 6.20 Å². The molecule has 4 heteroatoms. The molecular formula is C9H16N4. The molecule has 1 unspecified atom stereocenters. The molecule has 0 radical (unpaired) electrons. The van der Waals surface area contributed by atoms with E-state index in [0.29, 0.717) is 12.5 Å². The van der Waals surface area contributed by atoms with Crippen LogP contribution in [0.1, 0.15) is 19.0 Å². The van der Waals surface area contributed by atoms with Gasteiger partial charge in [0, 0.05) is 24.5 Å². The summed E-state index contributed by atoms with van der Waals surface area (Å²) in [6.07, 6.45) is 2.72. The van der Waals surface area contributed by atoms with Gasteiger partial charge in [-0.15, -0.1) is 0 Å². The molecule has 1 aromatic heterocycles. The van der Waals surface area contributed by atoms with Crippen molar-refractivity contribution in [2.75, 3.05) is 11.9 Å². The van der Waals surface area contributed by atoms with E-state index in [-0.39, 0.29) is 6.04 Å². The summed E-state index contributed by atoms with van der Waals surface area (Å²) >= 11 is 0. The van der Waals surface area contributed by atoms with Crippen LogP contribution in [0.4, 0.5) is 5.95 Å². The topological polar surface area (TPSA) is 63.8 Å². The first kappa shape index (κ1) is 9.92. The summed E-state index contributed by atoms with van der Waals surface area (Å²) in [6, 6.07) is 2.14. The van der Waals surface area contributed by atoms with Crippen molar-refractivity contribution >= 4 is 5.95 Å². The molecule has 0 aliphatic heterocycles. The molecule has 1 aromatic rings. The second kappa shape index (κ2) is 4.77. The van der Waals surface area contributed by atoms with Gasteiger partial charge in [-0.2, -0.15) is 0 Å². The van der Waals surface area contributed by atoms with Gasteiger partial charge in [-0.05, 0) is 19.4 Å². The minimum atomic E-state index is 0.266. The van der Waals surface area contributed by atoms with Crippen molar-refractivity contribution < 1.29 is 0 Å². The molecule has 0 fully saturated rings. The zero-order valence-corrected chi connectivity index (χ0v) is 8.12. The molecule has 0 saturated heterocycles. The van der Waals surface area contributed by atoms with Crippen molar-refractivity contribution in [3.8, 4) is 0 Å². The summed E-state index contributed by atoms with van der Waals surface area (Å²) in [5.74, 6) is 0.664. The number of rotatable bonds is 4. The van der Waals surface area contributed by atoms with Crippen LogP contribution in [0.25, 0.3) is 0 Å². The minimum absolute atomic E-state index is 0.266. The molecule has 0 aromatic carbocycles. The molecule has 0 bridgehead atoms. The number of anilines is 1. The molecule has 1 heterocycles. The Labute approximate surface area is 78.6 Å². The molecule has 1 atom stereocenters. The third-order valence-electron chi connectivity index (χ3n) is 1.91. The Morgan fingerprint density at radius 3 is 2.92 bits per heavy atom. The first-order chi connectivity index (χ1) is 6.26. The molecule has 0 spiro atoms. The van der Waals surface area contributed by atoms with Crippen LogP contribution in [0.5, 0.6) is 0 Å². The number of hydrogen-bond donors (Lipinski definition) is 2. The van der Waals surface area contributed by atoms with Crippen LogP contribution >= 0.6 is 0 Å². The molecule has 4 nitrogen and oxygen atoms in total. The van der Waals surface area contributed by atoms with Crippen LogP contribution in [0.2, 0.25) is 0 Å². The summed E-state index contributed by atoms with van der Waals surface area (Å²) in [5.41, 5.74) is 6.51. The molecular weight excluding hydrogens is 164 g/mol. The van der Waals surface area contributed by atoms with Crippen LogP contribution in [0.3, 0.4) is 0 Å². The predicted molar refractivity (Wildman–Crippen MR) is 53.5 cm³/mol. The van der Waals surface area contributed by atoms with E-state index in [0.717, 1.165) is 12.1 Å². The molecule has 0 saturated carbocycles. The van der Waals surface area contributed by atoms with E-state index in [1.165, 1.54) is 0 Å². The number of nitrogens with two attached hydrogens (primary N) is 1. The maximum Gasteiger partial charge on any atom is 0.223 e. The van der Waals surface area contributed by atoms with Gasteiger partial charge in [0.2, 0.25) is 5.95 Å². The molecule has 0 amide bonds. The molecule has 13 heavy (non-hydrogen) atoms. The number of aryl methyl sites for hydroxylation is 1. The normalized spacial score (nSPS) is 12.5. The van der Waals surface area contributed by atoms with Crippen LogP contribution in [0.15, 0.2) is 12.3 Å². The van der Waals surface area contributed by atoms with Gasteiger partial charge in [-0.3, -0.25) is 0 Å². The first-order valence-electron chi connectivity index (χ1n) is 4.52. The highest BCUT2D eigenvalue weighted by Crippen LogP contribution is 2.02. The van der Waals surface area contributed by atoms with Crippen molar-refractivity contribution in [2.45, 2.75) is 26.3 Å². The summed E-state index contributed by atoms with van der Waals surface area (Å²) in [7, 11) is 0. The lowest BCUT2D eigenvalue weighted by atomic mass is 10.2. The van der Waals surface area contributed by atoms with Crippen LogP contribution in [-0.4, -0.2) is 22.6 Å². The van der Waals surface area contributed by atoms with Gasteiger partial charge < -0.3 is 11.1 Å².